The number of nitrogens with one attached hydrogen (secondary N) is 1. The molecule has 0 atom stereocenters. The third-order valence-corrected chi connectivity index (χ3v) is 6.33. The summed E-state index contributed by atoms with van der Waals surface area (Å²) in [6, 6.07) is 13.9. The Balaban J connectivity index is 1.30. The first kappa shape index (κ1) is 26.6. The lowest BCUT2D eigenvalue weighted by atomic mass is 10.2. The number of hydrazone groups is 1. The Morgan fingerprint density at radius 3 is 2.41 bits per heavy atom. The van der Waals surface area contributed by atoms with E-state index in [9.17, 15) is 4.39 Å². The summed E-state index contributed by atoms with van der Waals surface area (Å²) in [5.74, 6) is 2.87. The molecule has 2 aliphatic rings. The Morgan fingerprint density at radius 1 is 0.923 bits per heavy atom. The van der Waals surface area contributed by atoms with Gasteiger partial charge in [-0.25, -0.2) is 4.39 Å². The molecular formula is C28H33FN6O4. The Labute approximate surface area is 227 Å². The molecule has 0 spiro atoms. The standard InChI is InChI=1S/C28H33FN6O4/c1-2-38-25-17-21(7-8-24(25)39-20-22-5-3-4-6-23(22)29)19-30-33-26-18-27(34-9-13-36-14-10-34)32-28(31-26)35-11-15-37-16-12-35/h3-8,17-19H,2,9-16,20H2,1H3,(H,31,32,33)/b30-19-. The molecule has 2 saturated heterocycles. The fourth-order valence-corrected chi connectivity index (χ4v) is 4.27. The number of halogens is 1. The largest absolute Gasteiger partial charge is 0.490 e. The maximum absolute atomic E-state index is 14.0. The van der Waals surface area contributed by atoms with Crippen molar-refractivity contribution in [2.45, 2.75) is 13.5 Å². The molecule has 2 aromatic carbocycles. The van der Waals surface area contributed by atoms with Gasteiger partial charge in [-0.05, 0) is 36.8 Å². The molecule has 2 fully saturated rings. The summed E-state index contributed by atoms with van der Waals surface area (Å²) in [5.41, 5.74) is 4.34. The summed E-state index contributed by atoms with van der Waals surface area (Å²) in [4.78, 5) is 13.8. The van der Waals surface area contributed by atoms with Gasteiger partial charge in [-0.3, -0.25) is 5.43 Å². The van der Waals surface area contributed by atoms with Crippen molar-refractivity contribution in [1.82, 2.24) is 9.97 Å². The molecular weight excluding hydrogens is 503 g/mol. The van der Waals surface area contributed by atoms with Gasteiger partial charge in [0.15, 0.2) is 17.3 Å². The summed E-state index contributed by atoms with van der Waals surface area (Å²) < 4.78 is 36.6. The van der Waals surface area contributed by atoms with E-state index in [0.29, 0.717) is 61.9 Å². The minimum absolute atomic E-state index is 0.104. The zero-order chi connectivity index (χ0) is 26.9. The van der Waals surface area contributed by atoms with Gasteiger partial charge in [-0.1, -0.05) is 18.2 Å². The molecule has 0 aliphatic carbocycles. The minimum atomic E-state index is -0.302. The van der Waals surface area contributed by atoms with Gasteiger partial charge in [0.25, 0.3) is 0 Å². The summed E-state index contributed by atoms with van der Waals surface area (Å²) in [5, 5.41) is 4.42. The first-order chi connectivity index (χ1) is 19.2. The van der Waals surface area contributed by atoms with E-state index >= 15 is 0 Å². The van der Waals surface area contributed by atoms with Gasteiger partial charge < -0.3 is 28.7 Å². The predicted molar refractivity (Wildman–Crippen MR) is 148 cm³/mol. The Bertz CT molecular complexity index is 1230. The van der Waals surface area contributed by atoms with E-state index in [1.807, 2.05) is 25.1 Å². The van der Waals surface area contributed by atoms with Crippen LogP contribution in [0.25, 0.3) is 0 Å². The minimum Gasteiger partial charge on any atom is -0.490 e. The lowest BCUT2D eigenvalue weighted by molar-refractivity contribution is 0.121. The molecule has 0 saturated carbocycles. The molecule has 3 aromatic rings. The molecule has 206 valence electrons. The lowest BCUT2D eigenvalue weighted by Crippen LogP contribution is -2.39. The Hall–Kier alpha value is -3.96. The quantitative estimate of drug-likeness (QED) is 0.307. The number of anilines is 3. The van der Waals surface area contributed by atoms with Crippen LogP contribution < -0.4 is 24.7 Å². The van der Waals surface area contributed by atoms with Crippen LogP contribution in [0, 0.1) is 5.82 Å². The van der Waals surface area contributed by atoms with Gasteiger partial charge in [0.1, 0.15) is 18.2 Å². The molecule has 0 amide bonds. The number of morpholine rings is 2. The van der Waals surface area contributed by atoms with Crippen molar-refractivity contribution in [3.05, 3.63) is 65.5 Å². The van der Waals surface area contributed by atoms with Crippen molar-refractivity contribution >= 4 is 23.8 Å². The Kier molecular flexibility index (Phi) is 9.02. The van der Waals surface area contributed by atoms with Gasteiger partial charge in [0, 0.05) is 37.8 Å². The van der Waals surface area contributed by atoms with Gasteiger partial charge >= 0.3 is 0 Å². The van der Waals surface area contributed by atoms with Crippen LogP contribution in [0.5, 0.6) is 11.5 Å². The van der Waals surface area contributed by atoms with Gasteiger partial charge in [-0.2, -0.15) is 15.1 Å². The summed E-state index contributed by atoms with van der Waals surface area (Å²) in [6.45, 7) is 8.11. The molecule has 11 heteroatoms. The van der Waals surface area contributed by atoms with Crippen LogP contribution in [0.1, 0.15) is 18.1 Å². The highest BCUT2D eigenvalue weighted by molar-refractivity contribution is 5.81. The number of rotatable bonds is 10. The van der Waals surface area contributed by atoms with E-state index in [4.69, 9.17) is 28.9 Å². The van der Waals surface area contributed by atoms with Crippen molar-refractivity contribution in [3.63, 3.8) is 0 Å². The molecule has 3 heterocycles. The normalized spacial score (nSPS) is 15.9. The van der Waals surface area contributed by atoms with E-state index in [1.165, 1.54) is 6.07 Å². The fraction of sp³-hybridized carbons (Fsp3) is 0.393. The lowest BCUT2D eigenvalue weighted by Gasteiger charge is -2.31. The number of nitrogens with zero attached hydrogens (tertiary/aromatic N) is 5. The van der Waals surface area contributed by atoms with Crippen LogP contribution in [0.3, 0.4) is 0 Å². The van der Waals surface area contributed by atoms with E-state index in [0.717, 1.165) is 37.6 Å². The second kappa shape index (κ2) is 13.2. The highest BCUT2D eigenvalue weighted by Gasteiger charge is 2.19. The monoisotopic (exact) mass is 536 g/mol. The predicted octanol–water partition coefficient (Wildman–Crippen LogP) is 3.71. The van der Waals surface area contributed by atoms with Crippen LogP contribution in [0.4, 0.5) is 22.0 Å². The second-order valence-corrected chi connectivity index (χ2v) is 9.00. The number of hydrogen-bond donors (Lipinski definition) is 1. The van der Waals surface area contributed by atoms with Crippen LogP contribution in [-0.4, -0.2) is 75.4 Å². The maximum atomic E-state index is 14.0. The number of aromatic nitrogens is 2. The van der Waals surface area contributed by atoms with Crippen LogP contribution >= 0.6 is 0 Å². The average Bonchev–Trinajstić information content (AvgIpc) is 2.98. The third kappa shape index (κ3) is 7.12. The summed E-state index contributed by atoms with van der Waals surface area (Å²) in [7, 11) is 0. The van der Waals surface area contributed by atoms with E-state index < -0.39 is 0 Å². The first-order valence-corrected chi connectivity index (χ1v) is 13.2. The molecule has 0 bridgehead atoms. The van der Waals surface area contributed by atoms with E-state index in [2.05, 4.69) is 20.3 Å². The fourth-order valence-electron chi connectivity index (χ4n) is 4.27. The smallest absolute Gasteiger partial charge is 0.229 e. The highest BCUT2D eigenvalue weighted by atomic mass is 19.1. The molecule has 39 heavy (non-hydrogen) atoms. The molecule has 1 aromatic heterocycles. The number of hydrogen-bond acceptors (Lipinski definition) is 10. The number of ether oxygens (including phenoxy) is 4. The van der Waals surface area contributed by atoms with Crippen molar-refractivity contribution in [2.24, 2.45) is 5.10 Å². The third-order valence-electron chi connectivity index (χ3n) is 6.33. The zero-order valence-electron chi connectivity index (χ0n) is 22.0. The second-order valence-electron chi connectivity index (χ2n) is 9.00. The molecule has 5 rings (SSSR count). The Morgan fingerprint density at radius 2 is 1.67 bits per heavy atom. The van der Waals surface area contributed by atoms with Crippen molar-refractivity contribution in [3.8, 4) is 11.5 Å². The van der Waals surface area contributed by atoms with Crippen molar-refractivity contribution < 1.29 is 23.3 Å². The van der Waals surface area contributed by atoms with Gasteiger partial charge in [-0.15, -0.1) is 0 Å². The van der Waals surface area contributed by atoms with Crippen molar-refractivity contribution in [1.29, 1.82) is 0 Å². The molecule has 0 radical (unpaired) electrons. The molecule has 10 nitrogen and oxygen atoms in total. The van der Waals surface area contributed by atoms with E-state index in [1.54, 1.807) is 30.5 Å². The average molecular weight is 537 g/mol. The zero-order valence-corrected chi connectivity index (χ0v) is 22.0. The molecule has 2 aliphatic heterocycles. The van der Waals surface area contributed by atoms with E-state index in [-0.39, 0.29) is 12.4 Å². The van der Waals surface area contributed by atoms with Crippen molar-refractivity contribution in [2.75, 3.05) is 74.4 Å². The first-order valence-electron chi connectivity index (χ1n) is 13.2. The molecule has 0 unspecified atom stereocenters. The van der Waals surface area contributed by atoms with Crippen LogP contribution in [0.15, 0.2) is 53.6 Å². The van der Waals surface area contributed by atoms with Gasteiger partial charge in [0.2, 0.25) is 5.95 Å². The van der Waals surface area contributed by atoms with Crippen LogP contribution in [-0.2, 0) is 16.1 Å². The molecule has 1 N–H and O–H groups in total. The SMILES string of the molecule is CCOc1cc(/C=N\Nc2cc(N3CCOCC3)nc(N3CCOCC3)n2)ccc1OCc1ccccc1F. The van der Waals surface area contributed by atoms with Crippen LogP contribution in [0.2, 0.25) is 0 Å². The maximum Gasteiger partial charge on any atom is 0.229 e. The number of benzene rings is 2. The highest BCUT2D eigenvalue weighted by Crippen LogP contribution is 2.29. The summed E-state index contributed by atoms with van der Waals surface area (Å²) in [6.07, 6.45) is 1.69. The topological polar surface area (TPSA) is 93.6 Å². The summed E-state index contributed by atoms with van der Waals surface area (Å²) >= 11 is 0. The van der Waals surface area contributed by atoms with Gasteiger partial charge in [0.05, 0.1) is 39.2 Å².